The third kappa shape index (κ3) is 4.79. The lowest BCUT2D eigenvalue weighted by Gasteiger charge is -2.38. The number of methoxy groups -OCH3 is 1. The predicted octanol–water partition coefficient (Wildman–Crippen LogP) is 3.67. The van der Waals surface area contributed by atoms with E-state index in [1.54, 1.807) is 7.11 Å². The van der Waals surface area contributed by atoms with E-state index in [-0.39, 0.29) is 17.8 Å². The molecule has 1 aliphatic heterocycles. The van der Waals surface area contributed by atoms with E-state index in [2.05, 4.69) is 11.8 Å². The number of fused-ring (bicyclic) bond motifs is 1. The van der Waals surface area contributed by atoms with Crippen LogP contribution in [0, 0.1) is 17.8 Å². The van der Waals surface area contributed by atoms with Gasteiger partial charge >= 0.3 is 0 Å². The van der Waals surface area contributed by atoms with Crippen molar-refractivity contribution in [3.05, 3.63) is 48.0 Å². The average molecular weight is 398 g/mol. The Labute approximate surface area is 173 Å². The van der Waals surface area contributed by atoms with Crippen molar-refractivity contribution < 1.29 is 23.7 Å². The highest BCUT2D eigenvalue weighted by atomic mass is 16.8. The van der Waals surface area contributed by atoms with Crippen LogP contribution in [0.15, 0.2) is 42.5 Å². The van der Waals surface area contributed by atoms with Gasteiger partial charge in [0.25, 0.3) is 0 Å². The number of ether oxygens (including phenoxy) is 4. The van der Waals surface area contributed by atoms with Crippen LogP contribution in [0.3, 0.4) is 0 Å². The first-order valence-corrected chi connectivity index (χ1v) is 10.1. The van der Waals surface area contributed by atoms with Gasteiger partial charge in [-0.05, 0) is 25.3 Å². The first-order valence-electron chi connectivity index (χ1n) is 10.1. The summed E-state index contributed by atoms with van der Waals surface area (Å²) in [5.41, 5.74) is 0.279. The molecule has 0 saturated carbocycles. The molecule has 0 bridgehead atoms. The van der Waals surface area contributed by atoms with E-state index in [1.807, 2.05) is 70.2 Å². The third-order valence-corrected chi connectivity index (χ3v) is 5.22. The summed E-state index contributed by atoms with van der Waals surface area (Å²) >= 11 is 0. The largest absolute Gasteiger partial charge is 0.375 e. The predicted molar refractivity (Wildman–Crippen MR) is 110 cm³/mol. The molecule has 4 atom stereocenters. The van der Waals surface area contributed by atoms with Crippen molar-refractivity contribution in [2.75, 3.05) is 7.11 Å². The second kappa shape index (κ2) is 8.81. The SMILES string of the molecule is CO[C@@H]([C@@H](C#CC(=O)C(C)C)OCc1ccccc1)[C@@]12CC=C[C@@H]1OC(C)(C)O2. The van der Waals surface area contributed by atoms with Gasteiger partial charge in [-0.3, -0.25) is 4.79 Å². The topological polar surface area (TPSA) is 54.0 Å². The second-order valence-electron chi connectivity index (χ2n) is 8.29. The molecule has 1 saturated heterocycles. The first kappa shape index (κ1) is 21.7. The Hall–Kier alpha value is -1.97. The molecule has 0 radical (unpaired) electrons. The van der Waals surface area contributed by atoms with Crippen molar-refractivity contribution in [3.8, 4) is 11.8 Å². The average Bonchev–Trinajstić information content (AvgIpc) is 3.17. The number of Topliss-reactive ketones (excluding diaryl/α,β-unsaturated/α-hetero) is 1. The fourth-order valence-corrected chi connectivity index (χ4v) is 3.85. The molecule has 0 aromatic heterocycles. The van der Waals surface area contributed by atoms with Gasteiger partial charge in [-0.25, -0.2) is 0 Å². The molecule has 1 aromatic rings. The molecule has 0 unspecified atom stereocenters. The van der Waals surface area contributed by atoms with Gasteiger partial charge in [0, 0.05) is 19.4 Å². The summed E-state index contributed by atoms with van der Waals surface area (Å²) in [7, 11) is 1.62. The third-order valence-electron chi connectivity index (χ3n) is 5.22. The molecule has 156 valence electrons. The Bertz CT molecular complexity index is 802. The van der Waals surface area contributed by atoms with Gasteiger partial charge in [0.2, 0.25) is 5.78 Å². The summed E-state index contributed by atoms with van der Waals surface area (Å²) in [5.74, 6) is 4.73. The molecule has 3 rings (SSSR count). The Morgan fingerprint density at radius 2 is 2.00 bits per heavy atom. The van der Waals surface area contributed by atoms with E-state index >= 15 is 0 Å². The van der Waals surface area contributed by atoms with Crippen molar-refractivity contribution >= 4 is 5.78 Å². The number of hydrogen-bond acceptors (Lipinski definition) is 5. The van der Waals surface area contributed by atoms with Crippen molar-refractivity contribution in [1.29, 1.82) is 0 Å². The minimum absolute atomic E-state index is 0.129. The molecule has 0 amide bonds. The quantitative estimate of drug-likeness (QED) is 0.399. The van der Waals surface area contributed by atoms with Crippen LogP contribution in [0.1, 0.15) is 39.7 Å². The second-order valence-corrected chi connectivity index (χ2v) is 8.29. The fraction of sp³-hybridized carbons (Fsp3) is 0.542. The van der Waals surface area contributed by atoms with Crippen molar-refractivity contribution in [2.24, 2.45) is 5.92 Å². The van der Waals surface area contributed by atoms with E-state index in [9.17, 15) is 4.79 Å². The van der Waals surface area contributed by atoms with Crippen molar-refractivity contribution in [3.63, 3.8) is 0 Å². The Morgan fingerprint density at radius 3 is 2.66 bits per heavy atom. The van der Waals surface area contributed by atoms with Crippen molar-refractivity contribution in [2.45, 2.75) is 70.4 Å². The van der Waals surface area contributed by atoms with Gasteiger partial charge in [0.15, 0.2) is 5.79 Å². The molecular formula is C24H30O5. The highest BCUT2D eigenvalue weighted by Crippen LogP contribution is 2.47. The standard InChI is InChI=1S/C24H30O5/c1-17(2)19(25)13-14-20(27-16-18-10-7-6-8-11-18)22(26-5)24-15-9-12-21(24)28-23(3,4)29-24/h6-12,17,20-22H,15-16H2,1-5H3/t20-,21+,22+,24-/m1/s1. The molecule has 0 N–H and O–H groups in total. The maximum Gasteiger partial charge on any atom is 0.208 e. The lowest BCUT2D eigenvalue weighted by atomic mass is 9.87. The molecular weight excluding hydrogens is 368 g/mol. The summed E-state index contributed by atoms with van der Waals surface area (Å²) < 4.78 is 24.5. The minimum atomic E-state index is -0.741. The van der Waals surface area contributed by atoms with Crippen molar-refractivity contribution in [1.82, 2.24) is 0 Å². The zero-order valence-corrected chi connectivity index (χ0v) is 17.8. The summed E-state index contributed by atoms with van der Waals surface area (Å²) in [4.78, 5) is 12.1. The molecule has 5 heteroatoms. The maximum absolute atomic E-state index is 12.1. The molecule has 2 aliphatic rings. The molecule has 29 heavy (non-hydrogen) atoms. The highest BCUT2D eigenvalue weighted by Gasteiger charge is 2.60. The summed E-state index contributed by atoms with van der Waals surface area (Å²) in [6.07, 6.45) is 3.23. The minimum Gasteiger partial charge on any atom is -0.375 e. The number of carbonyl (C=O) groups excluding carboxylic acids is 1. The monoisotopic (exact) mass is 398 g/mol. The van der Waals surface area contributed by atoms with E-state index < -0.39 is 23.6 Å². The lowest BCUT2D eigenvalue weighted by Crippen LogP contribution is -2.54. The van der Waals surface area contributed by atoms with E-state index in [1.165, 1.54) is 0 Å². The summed E-state index contributed by atoms with van der Waals surface area (Å²) in [6.45, 7) is 7.80. The van der Waals surface area contributed by atoms with Crippen LogP contribution in [0.2, 0.25) is 0 Å². The zero-order valence-electron chi connectivity index (χ0n) is 17.8. The Balaban J connectivity index is 1.89. The fourth-order valence-electron chi connectivity index (χ4n) is 3.85. The maximum atomic E-state index is 12.1. The van der Waals surface area contributed by atoms with Gasteiger partial charge in [-0.2, -0.15) is 0 Å². The van der Waals surface area contributed by atoms with Gasteiger partial charge in [-0.1, -0.05) is 62.3 Å². The number of rotatable bonds is 7. The van der Waals surface area contributed by atoms with Crippen LogP contribution in [-0.4, -0.2) is 42.6 Å². The molecule has 1 heterocycles. The Kier molecular flexibility index (Phi) is 6.60. The molecule has 0 spiro atoms. The molecule has 5 nitrogen and oxygen atoms in total. The van der Waals surface area contributed by atoms with Gasteiger partial charge in [0.05, 0.1) is 6.61 Å². The number of ketones is 1. The number of benzene rings is 1. The van der Waals surface area contributed by atoms with E-state index in [0.717, 1.165) is 5.56 Å². The number of carbonyl (C=O) groups is 1. The van der Waals surface area contributed by atoms with Crippen LogP contribution < -0.4 is 0 Å². The van der Waals surface area contributed by atoms with E-state index in [4.69, 9.17) is 18.9 Å². The smallest absolute Gasteiger partial charge is 0.208 e. The van der Waals surface area contributed by atoms with Gasteiger partial charge < -0.3 is 18.9 Å². The first-order chi connectivity index (χ1) is 13.8. The molecule has 1 fully saturated rings. The van der Waals surface area contributed by atoms with Crippen LogP contribution in [0.5, 0.6) is 0 Å². The van der Waals surface area contributed by atoms with Gasteiger partial charge in [-0.15, -0.1) is 0 Å². The normalized spacial score (nSPS) is 26.6. The zero-order chi connectivity index (χ0) is 21.1. The lowest BCUT2D eigenvalue weighted by molar-refractivity contribution is -0.203. The van der Waals surface area contributed by atoms with Crippen LogP contribution in [0.4, 0.5) is 0 Å². The van der Waals surface area contributed by atoms with Crippen LogP contribution >= 0.6 is 0 Å². The Morgan fingerprint density at radius 1 is 1.28 bits per heavy atom. The molecule has 1 aliphatic carbocycles. The van der Waals surface area contributed by atoms with Crippen LogP contribution in [-0.2, 0) is 30.3 Å². The van der Waals surface area contributed by atoms with Gasteiger partial charge in [0.1, 0.15) is 23.9 Å². The summed E-state index contributed by atoms with van der Waals surface area (Å²) in [6, 6.07) is 9.85. The van der Waals surface area contributed by atoms with E-state index in [0.29, 0.717) is 13.0 Å². The number of hydrogen-bond donors (Lipinski definition) is 0. The summed E-state index contributed by atoms with van der Waals surface area (Å²) in [5, 5.41) is 0. The highest BCUT2D eigenvalue weighted by molar-refractivity contribution is 5.96. The van der Waals surface area contributed by atoms with Crippen LogP contribution in [0.25, 0.3) is 0 Å². The molecule has 1 aromatic carbocycles.